The van der Waals surface area contributed by atoms with E-state index in [0.717, 1.165) is 29.7 Å². The Hall–Kier alpha value is -3.83. The number of anilines is 1. The summed E-state index contributed by atoms with van der Waals surface area (Å²) in [6.45, 7) is 6.00. The number of nitrogens with one attached hydrogen (secondary N) is 1. The van der Waals surface area contributed by atoms with Crippen molar-refractivity contribution in [3.05, 3.63) is 64.4 Å². The quantitative estimate of drug-likeness (QED) is 0.202. The molecule has 2 saturated carbocycles. The summed E-state index contributed by atoms with van der Waals surface area (Å²) in [5.41, 5.74) is 3.47. The van der Waals surface area contributed by atoms with Crippen LogP contribution < -0.4 is 5.32 Å². The summed E-state index contributed by atoms with van der Waals surface area (Å²) < 4.78 is 2.25. The van der Waals surface area contributed by atoms with Gasteiger partial charge in [-0.1, -0.05) is 12.1 Å². The van der Waals surface area contributed by atoms with Gasteiger partial charge in [-0.2, -0.15) is 5.10 Å². The van der Waals surface area contributed by atoms with Crippen LogP contribution in [0.2, 0.25) is 0 Å². The molecule has 0 aliphatic heterocycles. The van der Waals surface area contributed by atoms with Gasteiger partial charge in [0, 0.05) is 48.6 Å². The first-order valence-corrected chi connectivity index (χ1v) is 15.2. The molecule has 0 saturated heterocycles. The first kappa shape index (κ1) is 29.3. The monoisotopic (exact) mass is 643 g/mol. The zero-order valence-electron chi connectivity index (χ0n) is 24.9. The van der Waals surface area contributed by atoms with E-state index in [0.29, 0.717) is 39.3 Å². The lowest BCUT2D eigenvalue weighted by molar-refractivity contribution is -0.131. The van der Waals surface area contributed by atoms with Gasteiger partial charge in [-0.15, -0.1) is 0 Å². The number of hydrogen-bond acceptors (Lipinski definition) is 8. The molecule has 1 aromatic carbocycles. The Bertz CT molecular complexity index is 1770. The van der Waals surface area contributed by atoms with Crippen LogP contribution in [-0.2, 0) is 16.1 Å². The molecule has 43 heavy (non-hydrogen) atoms. The molecule has 0 spiro atoms. The molecular weight excluding hydrogens is 610 g/mol. The molecule has 2 aliphatic carbocycles. The maximum atomic E-state index is 14.1. The number of hydrogen-bond donors (Lipinski definition) is 1. The van der Waals surface area contributed by atoms with E-state index in [1.165, 1.54) is 6.92 Å². The summed E-state index contributed by atoms with van der Waals surface area (Å²) in [5, 5.41) is 8.28. The number of benzene rings is 1. The van der Waals surface area contributed by atoms with E-state index in [2.05, 4.69) is 46.2 Å². The molecule has 6 rings (SSSR count). The Morgan fingerprint density at radius 2 is 1.81 bits per heavy atom. The number of nitrogens with zero attached hydrogens (tertiary/aromatic N) is 6. The third-order valence-corrected chi connectivity index (χ3v) is 9.34. The molecule has 1 N–H and O–H groups in total. The van der Waals surface area contributed by atoms with E-state index in [9.17, 15) is 14.4 Å². The smallest absolute Gasteiger partial charge is 0.229 e. The molecule has 2 unspecified atom stereocenters. The Kier molecular flexibility index (Phi) is 7.50. The molecule has 3 aromatic heterocycles. The van der Waals surface area contributed by atoms with Crippen LogP contribution in [0.5, 0.6) is 0 Å². The number of rotatable bonds is 9. The van der Waals surface area contributed by atoms with E-state index in [1.54, 1.807) is 17.1 Å². The first-order chi connectivity index (χ1) is 20.5. The molecule has 10 nitrogen and oxygen atoms in total. The van der Waals surface area contributed by atoms with E-state index in [1.807, 2.05) is 58.3 Å². The first-order valence-electron chi connectivity index (χ1n) is 14.4. The number of fused-ring (bicyclic) bond motifs is 2. The fraction of sp³-hybridized carbons (Fsp3) is 0.406. The molecule has 4 atom stereocenters. The number of pyridine rings is 1. The van der Waals surface area contributed by atoms with Gasteiger partial charge in [0.2, 0.25) is 5.91 Å². The molecule has 2 fully saturated rings. The highest BCUT2D eigenvalue weighted by atomic mass is 79.9. The summed E-state index contributed by atoms with van der Waals surface area (Å²) >= 11 is 3.38. The third kappa shape index (κ3) is 5.51. The highest BCUT2D eigenvalue weighted by Gasteiger charge is 2.68. The highest BCUT2D eigenvalue weighted by molar-refractivity contribution is 9.10. The zero-order chi connectivity index (χ0) is 30.6. The fourth-order valence-electron chi connectivity index (χ4n) is 6.92. The minimum atomic E-state index is -0.478. The van der Waals surface area contributed by atoms with Crippen molar-refractivity contribution < 1.29 is 14.4 Å². The number of aromatic nitrogens is 5. The molecule has 0 radical (unpaired) electrons. The number of carbonyl (C=O) groups excluding carboxylic acids is 3. The van der Waals surface area contributed by atoms with Crippen LogP contribution in [-0.4, -0.2) is 67.7 Å². The molecule has 3 heterocycles. The summed E-state index contributed by atoms with van der Waals surface area (Å²) in [4.78, 5) is 55.6. The second-order valence-corrected chi connectivity index (χ2v) is 13.1. The summed E-state index contributed by atoms with van der Waals surface area (Å²) in [6, 6.07) is 9.42. The normalized spacial score (nSPS) is 22.5. The minimum absolute atomic E-state index is 0.0199. The Labute approximate surface area is 258 Å². The van der Waals surface area contributed by atoms with Crippen LogP contribution in [0.3, 0.4) is 0 Å². The predicted octanol–water partition coefficient (Wildman–Crippen LogP) is 4.88. The van der Waals surface area contributed by atoms with Gasteiger partial charge in [0.05, 0.1) is 5.52 Å². The van der Waals surface area contributed by atoms with E-state index >= 15 is 0 Å². The average molecular weight is 645 g/mol. The van der Waals surface area contributed by atoms with E-state index < -0.39 is 11.8 Å². The van der Waals surface area contributed by atoms with Crippen molar-refractivity contribution in [2.24, 2.45) is 23.2 Å². The second kappa shape index (κ2) is 11.0. The van der Waals surface area contributed by atoms with Crippen molar-refractivity contribution in [3.8, 4) is 11.1 Å². The zero-order valence-corrected chi connectivity index (χ0v) is 26.5. The van der Waals surface area contributed by atoms with Gasteiger partial charge in [0.1, 0.15) is 28.5 Å². The van der Waals surface area contributed by atoms with Crippen molar-refractivity contribution in [1.82, 2.24) is 29.6 Å². The minimum Gasteiger partial charge on any atom is -0.310 e. The van der Waals surface area contributed by atoms with Gasteiger partial charge < -0.3 is 10.2 Å². The van der Waals surface area contributed by atoms with Gasteiger partial charge in [0.15, 0.2) is 11.6 Å². The number of Topliss-reactive ketones (excluding diaryl/α,β-unsaturated/α-hetero) is 2. The van der Waals surface area contributed by atoms with Crippen LogP contribution in [0, 0.1) is 37.0 Å². The Morgan fingerprint density at radius 3 is 2.51 bits per heavy atom. The van der Waals surface area contributed by atoms with Crippen molar-refractivity contribution >= 4 is 50.1 Å². The Morgan fingerprint density at radius 1 is 1.07 bits per heavy atom. The van der Waals surface area contributed by atoms with Crippen molar-refractivity contribution in [2.45, 2.75) is 40.2 Å². The van der Waals surface area contributed by atoms with Crippen LogP contribution in [0.15, 0.2) is 47.3 Å². The lowest BCUT2D eigenvalue weighted by atomic mass is 9.86. The van der Waals surface area contributed by atoms with E-state index in [4.69, 9.17) is 0 Å². The van der Waals surface area contributed by atoms with Crippen LogP contribution >= 0.6 is 15.9 Å². The lowest BCUT2D eigenvalue weighted by Crippen LogP contribution is -2.34. The third-order valence-electron chi connectivity index (χ3n) is 8.89. The molecule has 0 bridgehead atoms. The molecule has 1 amide bonds. The largest absolute Gasteiger partial charge is 0.310 e. The lowest BCUT2D eigenvalue weighted by Gasteiger charge is -2.23. The number of ketones is 2. The second-order valence-electron chi connectivity index (χ2n) is 12.3. The standard InChI is InChI=1S/C32H34BrN7O3/c1-17-6-9-27(33)36-30(17)37-31(43)23-11-32(16-39(4)5)12-24(32)28(23)26(42)15-40-25-8-7-20(21-13-34-19(3)35-14-21)10-22(25)29(38-40)18(2)41/h6-10,13-14,23-24,28H,11-12,15-16H2,1-5H3,(H,36,37,43)/t23-,24?,28?,32+/m1/s1. The van der Waals surface area contributed by atoms with Crippen LogP contribution in [0.1, 0.15) is 41.6 Å². The molecule has 4 aromatic rings. The maximum absolute atomic E-state index is 14.1. The van der Waals surface area contributed by atoms with Gasteiger partial charge >= 0.3 is 0 Å². The summed E-state index contributed by atoms with van der Waals surface area (Å²) in [7, 11) is 4.05. The average Bonchev–Trinajstić information content (AvgIpc) is 3.35. The van der Waals surface area contributed by atoms with Crippen molar-refractivity contribution in [3.63, 3.8) is 0 Å². The SMILES string of the molecule is CC(=O)c1nn(CC(=O)C2C3C[C@]3(CN(C)C)C[C@H]2C(=O)Nc2nc(Br)ccc2C)c2ccc(-c3cnc(C)nc3)cc12. The maximum Gasteiger partial charge on any atom is 0.229 e. The number of halogens is 1. The number of carbonyl (C=O) groups is 3. The van der Waals surface area contributed by atoms with Crippen LogP contribution in [0.25, 0.3) is 22.0 Å². The number of amides is 1. The van der Waals surface area contributed by atoms with Crippen molar-refractivity contribution in [2.75, 3.05) is 26.0 Å². The van der Waals surface area contributed by atoms with Gasteiger partial charge in [-0.3, -0.25) is 19.1 Å². The topological polar surface area (TPSA) is 123 Å². The molecule has 2 aliphatic rings. The van der Waals surface area contributed by atoms with Gasteiger partial charge in [-0.05, 0) is 97.4 Å². The van der Waals surface area contributed by atoms with E-state index in [-0.39, 0.29) is 35.4 Å². The Balaban J connectivity index is 1.31. The molecule has 222 valence electrons. The fourth-order valence-corrected chi connectivity index (χ4v) is 7.23. The molecule has 11 heteroatoms. The van der Waals surface area contributed by atoms with Crippen LogP contribution in [0.4, 0.5) is 5.82 Å². The predicted molar refractivity (Wildman–Crippen MR) is 167 cm³/mol. The summed E-state index contributed by atoms with van der Waals surface area (Å²) in [6.07, 6.45) is 5.06. The molecular formula is C32H34BrN7O3. The summed E-state index contributed by atoms with van der Waals surface area (Å²) in [5.74, 6) is -0.0490. The van der Waals surface area contributed by atoms with Gasteiger partial charge in [0.25, 0.3) is 0 Å². The van der Waals surface area contributed by atoms with Gasteiger partial charge in [-0.25, -0.2) is 15.0 Å². The van der Waals surface area contributed by atoms with Crippen molar-refractivity contribution in [1.29, 1.82) is 0 Å². The highest BCUT2D eigenvalue weighted by Crippen LogP contribution is 2.68. The number of aryl methyl sites for hydroxylation is 2.